The molecule has 0 aromatic rings. The molecule has 1 N–H and O–H groups in total. The first-order chi connectivity index (χ1) is 11.8. The van der Waals surface area contributed by atoms with Crippen LogP contribution in [0.1, 0.15) is 32.1 Å². The molecule has 0 radical (unpaired) electrons. The number of aliphatic imine (C=N–C) groups is 1. The van der Waals surface area contributed by atoms with Gasteiger partial charge in [-0.3, -0.25) is 9.89 Å². The molecule has 2 rings (SSSR count). The Morgan fingerprint density at radius 1 is 1.12 bits per heavy atom. The van der Waals surface area contributed by atoms with E-state index in [9.17, 15) is 0 Å². The molecule has 0 bridgehead atoms. The van der Waals surface area contributed by atoms with E-state index in [2.05, 4.69) is 27.2 Å². The van der Waals surface area contributed by atoms with Gasteiger partial charge in [0, 0.05) is 53.5 Å². The van der Waals surface area contributed by atoms with Crippen molar-refractivity contribution in [1.29, 1.82) is 0 Å². The van der Waals surface area contributed by atoms with E-state index in [-0.39, 0.29) is 24.0 Å². The molecule has 0 amide bonds. The maximum Gasteiger partial charge on any atom is 0.193 e. The summed E-state index contributed by atoms with van der Waals surface area (Å²) in [6.45, 7) is 9.08. The SMILES string of the molecule is CN=C(NCCCCN1CCOCC1)N(C)CCC1CCOCC1.I. The number of hydrogen-bond donors (Lipinski definition) is 1. The van der Waals surface area contributed by atoms with Crippen molar-refractivity contribution >= 4 is 29.9 Å². The lowest BCUT2D eigenvalue weighted by Crippen LogP contribution is -2.41. The molecule has 6 nitrogen and oxygen atoms in total. The lowest BCUT2D eigenvalue weighted by atomic mass is 9.96. The minimum atomic E-state index is 0. The lowest BCUT2D eigenvalue weighted by Gasteiger charge is -2.27. The topological polar surface area (TPSA) is 49.3 Å². The zero-order valence-corrected chi connectivity index (χ0v) is 18.4. The third kappa shape index (κ3) is 9.40. The third-order valence-corrected chi connectivity index (χ3v) is 5.07. The predicted octanol–water partition coefficient (Wildman–Crippen LogP) is 2.04. The molecule has 148 valence electrons. The van der Waals surface area contributed by atoms with Crippen molar-refractivity contribution in [3.63, 3.8) is 0 Å². The molecular formula is C18H37IN4O2. The highest BCUT2D eigenvalue weighted by Gasteiger charge is 2.15. The molecule has 0 aromatic heterocycles. The molecule has 0 atom stereocenters. The fraction of sp³-hybridized carbons (Fsp3) is 0.944. The van der Waals surface area contributed by atoms with Crippen molar-refractivity contribution in [2.45, 2.75) is 32.1 Å². The molecule has 0 saturated carbocycles. The second kappa shape index (κ2) is 14.0. The molecule has 0 unspecified atom stereocenters. The number of nitrogens with one attached hydrogen (secondary N) is 1. The number of unbranched alkanes of at least 4 members (excludes halogenated alkanes) is 1. The van der Waals surface area contributed by atoms with Crippen molar-refractivity contribution in [2.24, 2.45) is 10.9 Å². The fourth-order valence-electron chi connectivity index (χ4n) is 3.39. The van der Waals surface area contributed by atoms with Gasteiger partial charge >= 0.3 is 0 Å². The minimum absolute atomic E-state index is 0. The normalized spacial score (nSPS) is 20.2. The summed E-state index contributed by atoms with van der Waals surface area (Å²) in [5.74, 6) is 1.83. The Hall–Kier alpha value is -0.120. The van der Waals surface area contributed by atoms with Gasteiger partial charge in [0.05, 0.1) is 13.2 Å². The second-order valence-electron chi connectivity index (χ2n) is 6.90. The van der Waals surface area contributed by atoms with Gasteiger partial charge in [-0.1, -0.05) is 0 Å². The first-order valence-electron chi connectivity index (χ1n) is 9.59. The highest BCUT2D eigenvalue weighted by atomic mass is 127. The van der Waals surface area contributed by atoms with Crippen molar-refractivity contribution in [3.05, 3.63) is 0 Å². The van der Waals surface area contributed by atoms with Crippen LogP contribution in [0.25, 0.3) is 0 Å². The Labute approximate surface area is 170 Å². The van der Waals surface area contributed by atoms with E-state index in [0.717, 1.165) is 64.5 Å². The maximum atomic E-state index is 5.43. The average molecular weight is 468 g/mol. The van der Waals surface area contributed by atoms with Gasteiger partial charge in [0.15, 0.2) is 5.96 Å². The number of rotatable bonds is 8. The number of nitrogens with zero attached hydrogens (tertiary/aromatic N) is 3. The van der Waals surface area contributed by atoms with Crippen LogP contribution in [0.2, 0.25) is 0 Å². The second-order valence-corrected chi connectivity index (χ2v) is 6.90. The molecule has 2 heterocycles. The number of hydrogen-bond acceptors (Lipinski definition) is 4. The van der Waals surface area contributed by atoms with Gasteiger partial charge in [-0.05, 0) is 44.6 Å². The summed E-state index contributed by atoms with van der Waals surface area (Å²) >= 11 is 0. The van der Waals surface area contributed by atoms with Gasteiger partial charge in [-0.2, -0.15) is 0 Å². The van der Waals surface area contributed by atoms with E-state index in [1.165, 1.54) is 38.6 Å². The molecule has 0 spiro atoms. The summed E-state index contributed by atoms with van der Waals surface area (Å²) in [6.07, 6.45) is 6.07. The van der Waals surface area contributed by atoms with Gasteiger partial charge in [0.25, 0.3) is 0 Å². The molecule has 2 fully saturated rings. The van der Waals surface area contributed by atoms with E-state index in [1.807, 2.05) is 7.05 Å². The van der Waals surface area contributed by atoms with Crippen LogP contribution in [0.4, 0.5) is 0 Å². The Bertz CT molecular complexity index is 359. The smallest absolute Gasteiger partial charge is 0.193 e. The van der Waals surface area contributed by atoms with Crippen molar-refractivity contribution in [1.82, 2.24) is 15.1 Å². The lowest BCUT2D eigenvalue weighted by molar-refractivity contribution is 0.0372. The van der Waals surface area contributed by atoms with E-state index in [4.69, 9.17) is 9.47 Å². The Kier molecular flexibility index (Phi) is 12.8. The average Bonchev–Trinajstić information content (AvgIpc) is 2.64. The van der Waals surface area contributed by atoms with Crippen molar-refractivity contribution < 1.29 is 9.47 Å². The van der Waals surface area contributed by atoms with Gasteiger partial charge in [0.2, 0.25) is 0 Å². The summed E-state index contributed by atoms with van der Waals surface area (Å²) in [7, 11) is 4.02. The molecular weight excluding hydrogens is 431 g/mol. The van der Waals surface area contributed by atoms with Crippen molar-refractivity contribution in [2.75, 3.05) is 73.2 Å². The highest BCUT2D eigenvalue weighted by molar-refractivity contribution is 14.0. The number of guanidine groups is 1. The summed E-state index contributed by atoms with van der Waals surface area (Å²) < 4.78 is 10.8. The van der Waals surface area contributed by atoms with Crippen molar-refractivity contribution in [3.8, 4) is 0 Å². The quantitative estimate of drug-likeness (QED) is 0.256. The minimum Gasteiger partial charge on any atom is -0.381 e. The van der Waals surface area contributed by atoms with Gasteiger partial charge in [-0.25, -0.2) is 0 Å². The maximum absolute atomic E-state index is 5.43. The Morgan fingerprint density at radius 3 is 2.48 bits per heavy atom. The Morgan fingerprint density at radius 2 is 1.80 bits per heavy atom. The van der Waals surface area contributed by atoms with Crippen LogP contribution < -0.4 is 5.32 Å². The molecule has 2 aliphatic heterocycles. The van der Waals surface area contributed by atoms with Gasteiger partial charge in [-0.15, -0.1) is 24.0 Å². The highest BCUT2D eigenvalue weighted by Crippen LogP contribution is 2.18. The first-order valence-corrected chi connectivity index (χ1v) is 9.59. The largest absolute Gasteiger partial charge is 0.381 e. The number of halogens is 1. The van der Waals surface area contributed by atoms with E-state index in [0.29, 0.717) is 0 Å². The molecule has 0 aliphatic carbocycles. The number of morpholine rings is 1. The van der Waals surface area contributed by atoms with E-state index >= 15 is 0 Å². The van der Waals surface area contributed by atoms with Crippen LogP contribution in [-0.2, 0) is 9.47 Å². The molecule has 2 aliphatic rings. The molecule has 7 heteroatoms. The third-order valence-electron chi connectivity index (χ3n) is 5.07. The summed E-state index contributed by atoms with van der Waals surface area (Å²) in [6, 6.07) is 0. The fourth-order valence-corrected chi connectivity index (χ4v) is 3.39. The summed E-state index contributed by atoms with van der Waals surface area (Å²) in [4.78, 5) is 9.18. The standard InChI is InChI=1S/C18H36N4O2.HI/c1-19-18(21(2)10-5-17-6-13-23-14-7-17)20-8-3-4-9-22-11-15-24-16-12-22;/h17H,3-16H2,1-2H3,(H,19,20);1H. The molecule has 25 heavy (non-hydrogen) atoms. The Balaban J connectivity index is 0.00000312. The van der Waals surface area contributed by atoms with Gasteiger partial charge in [0.1, 0.15) is 0 Å². The zero-order chi connectivity index (χ0) is 17.0. The predicted molar refractivity (Wildman–Crippen MR) is 114 cm³/mol. The summed E-state index contributed by atoms with van der Waals surface area (Å²) in [5.41, 5.74) is 0. The van der Waals surface area contributed by atoms with Crippen LogP contribution >= 0.6 is 24.0 Å². The van der Waals surface area contributed by atoms with E-state index in [1.54, 1.807) is 0 Å². The van der Waals surface area contributed by atoms with E-state index < -0.39 is 0 Å². The number of ether oxygens (including phenoxy) is 2. The van der Waals surface area contributed by atoms with Gasteiger partial charge < -0.3 is 19.7 Å². The van der Waals surface area contributed by atoms with Crippen LogP contribution in [0.5, 0.6) is 0 Å². The first kappa shape index (κ1) is 22.9. The molecule has 2 saturated heterocycles. The monoisotopic (exact) mass is 468 g/mol. The zero-order valence-electron chi connectivity index (χ0n) is 16.0. The van der Waals surface area contributed by atoms with Crippen LogP contribution in [-0.4, -0.2) is 89.0 Å². The van der Waals surface area contributed by atoms with Crippen LogP contribution in [0, 0.1) is 5.92 Å². The summed E-state index contributed by atoms with van der Waals surface area (Å²) in [5, 5.41) is 3.50. The van der Waals surface area contributed by atoms with Crippen LogP contribution in [0.15, 0.2) is 4.99 Å². The molecule has 0 aromatic carbocycles. The van der Waals surface area contributed by atoms with Crippen LogP contribution in [0.3, 0.4) is 0 Å².